The van der Waals surface area contributed by atoms with Gasteiger partial charge in [0, 0.05) is 12.1 Å². The van der Waals surface area contributed by atoms with Crippen LogP contribution >= 0.6 is 0 Å². The molecule has 0 amide bonds. The third-order valence-electron chi connectivity index (χ3n) is 6.32. The lowest BCUT2D eigenvalue weighted by atomic mass is 9.68. The minimum Gasteiger partial charge on any atom is -0.316 e. The van der Waals surface area contributed by atoms with E-state index in [4.69, 9.17) is 0 Å². The highest BCUT2D eigenvalue weighted by atomic mass is 15.4. The van der Waals surface area contributed by atoms with Crippen LogP contribution in [-0.2, 0) is 0 Å². The summed E-state index contributed by atoms with van der Waals surface area (Å²) in [6.07, 6.45) is 1.92. The molecular formula is C18H35N3. The van der Waals surface area contributed by atoms with E-state index >= 15 is 0 Å². The molecule has 3 heteroatoms. The van der Waals surface area contributed by atoms with Gasteiger partial charge in [-0.3, -0.25) is 10.2 Å². The normalized spacial score (nSPS) is 44.1. The molecule has 0 aromatic carbocycles. The summed E-state index contributed by atoms with van der Waals surface area (Å²) in [4.78, 5) is 2.80. The van der Waals surface area contributed by atoms with E-state index in [1.54, 1.807) is 0 Å². The van der Waals surface area contributed by atoms with Crippen molar-refractivity contribution < 1.29 is 0 Å². The lowest BCUT2D eigenvalue weighted by Gasteiger charge is -2.43. The van der Waals surface area contributed by atoms with Crippen LogP contribution in [0, 0.1) is 29.1 Å². The molecule has 0 aliphatic carbocycles. The number of nitrogens with zero attached hydrogens (tertiary/aromatic N) is 1. The van der Waals surface area contributed by atoms with Crippen molar-refractivity contribution in [1.29, 1.82) is 0 Å². The zero-order chi connectivity index (χ0) is 15.4. The smallest absolute Gasteiger partial charge is 0.0638 e. The van der Waals surface area contributed by atoms with E-state index in [0.717, 1.165) is 29.7 Å². The maximum atomic E-state index is 4.03. The minimum absolute atomic E-state index is 0.356. The van der Waals surface area contributed by atoms with E-state index in [0.29, 0.717) is 17.6 Å². The molecule has 0 spiro atoms. The summed E-state index contributed by atoms with van der Waals surface area (Å²) in [7, 11) is 0. The molecule has 0 saturated carbocycles. The summed E-state index contributed by atoms with van der Waals surface area (Å²) in [6, 6.07) is 1.45. The van der Waals surface area contributed by atoms with Crippen LogP contribution in [0.4, 0.5) is 0 Å². The summed E-state index contributed by atoms with van der Waals surface area (Å²) >= 11 is 0. The molecule has 3 saturated heterocycles. The molecule has 0 aromatic heterocycles. The van der Waals surface area contributed by atoms with Crippen LogP contribution in [0.2, 0.25) is 0 Å². The predicted octanol–water partition coefficient (Wildman–Crippen LogP) is 2.53. The van der Waals surface area contributed by atoms with Gasteiger partial charge in [-0.15, -0.1) is 0 Å². The number of fused-ring (bicyclic) bond motifs is 3. The summed E-state index contributed by atoms with van der Waals surface area (Å²) in [5.41, 5.74) is 0.356. The Morgan fingerprint density at radius 3 is 2.52 bits per heavy atom. The second-order valence-electron chi connectivity index (χ2n) is 8.91. The second-order valence-corrected chi connectivity index (χ2v) is 8.91. The lowest BCUT2D eigenvalue weighted by molar-refractivity contribution is 0.0614. The van der Waals surface area contributed by atoms with Gasteiger partial charge in [-0.1, -0.05) is 41.5 Å². The summed E-state index contributed by atoms with van der Waals surface area (Å²) in [5, 5.41) is 7.68. The molecule has 2 N–H and O–H groups in total. The minimum atomic E-state index is 0.356. The van der Waals surface area contributed by atoms with Gasteiger partial charge >= 0.3 is 0 Å². The van der Waals surface area contributed by atoms with Crippen LogP contribution in [0.25, 0.3) is 0 Å². The molecule has 6 atom stereocenters. The molecule has 6 unspecified atom stereocenters. The molecule has 0 bridgehead atoms. The molecular weight excluding hydrogens is 258 g/mol. The van der Waals surface area contributed by atoms with Gasteiger partial charge < -0.3 is 5.32 Å². The van der Waals surface area contributed by atoms with Crippen molar-refractivity contribution >= 4 is 0 Å². The highest BCUT2D eigenvalue weighted by Gasteiger charge is 2.59. The molecule has 122 valence electrons. The Balaban J connectivity index is 1.96. The van der Waals surface area contributed by atoms with Crippen LogP contribution < -0.4 is 10.6 Å². The average Bonchev–Trinajstić information content (AvgIpc) is 2.91. The fourth-order valence-electron chi connectivity index (χ4n) is 5.75. The third kappa shape index (κ3) is 2.46. The number of piperidine rings is 1. The molecule has 0 radical (unpaired) electrons. The Bertz CT molecular complexity index is 373. The van der Waals surface area contributed by atoms with E-state index < -0.39 is 0 Å². The van der Waals surface area contributed by atoms with Crippen LogP contribution in [0.1, 0.15) is 48.0 Å². The quantitative estimate of drug-likeness (QED) is 0.819. The number of nitrogens with one attached hydrogen (secondary N) is 2. The van der Waals surface area contributed by atoms with Crippen LogP contribution in [0.15, 0.2) is 0 Å². The van der Waals surface area contributed by atoms with E-state index in [-0.39, 0.29) is 0 Å². The lowest BCUT2D eigenvalue weighted by Crippen LogP contribution is -2.52. The molecule has 3 rings (SSSR count). The molecule has 3 heterocycles. The molecule has 3 aliphatic heterocycles. The van der Waals surface area contributed by atoms with Gasteiger partial charge in [0.1, 0.15) is 0 Å². The Morgan fingerprint density at radius 2 is 1.95 bits per heavy atom. The molecule has 21 heavy (non-hydrogen) atoms. The van der Waals surface area contributed by atoms with E-state index in [9.17, 15) is 0 Å². The summed E-state index contributed by atoms with van der Waals surface area (Å²) in [6.45, 7) is 18.1. The van der Waals surface area contributed by atoms with Crippen molar-refractivity contribution in [2.24, 2.45) is 29.1 Å². The Hall–Kier alpha value is -0.120. The summed E-state index contributed by atoms with van der Waals surface area (Å²) < 4.78 is 0. The van der Waals surface area contributed by atoms with Crippen molar-refractivity contribution in [2.45, 2.75) is 66.2 Å². The SMILES string of the molecule is CCN1C2NC3CCNCC3C2C(C(C)C)C1C(C)(C)C. The Kier molecular flexibility index (Phi) is 4.13. The van der Waals surface area contributed by atoms with E-state index in [1.165, 1.54) is 26.1 Å². The molecule has 0 aromatic rings. The maximum absolute atomic E-state index is 4.03. The van der Waals surface area contributed by atoms with Crippen molar-refractivity contribution in [3.63, 3.8) is 0 Å². The standard InChI is InChI=1S/C18H35N3/c1-7-21-16(18(4,5)6)14(11(2)3)15-12-10-19-9-8-13(12)20-17(15)21/h11-17,19-20H,7-10H2,1-6H3. The summed E-state index contributed by atoms with van der Waals surface area (Å²) in [5.74, 6) is 3.24. The molecule has 3 aliphatic rings. The van der Waals surface area contributed by atoms with Gasteiger partial charge in [0.2, 0.25) is 0 Å². The predicted molar refractivity (Wildman–Crippen MR) is 89.1 cm³/mol. The Labute approximate surface area is 131 Å². The van der Waals surface area contributed by atoms with Crippen LogP contribution in [-0.4, -0.2) is 42.8 Å². The highest BCUT2D eigenvalue weighted by molar-refractivity contribution is 5.12. The van der Waals surface area contributed by atoms with Gasteiger partial charge in [-0.2, -0.15) is 0 Å². The first-order valence-corrected chi connectivity index (χ1v) is 9.08. The average molecular weight is 293 g/mol. The van der Waals surface area contributed by atoms with Crippen molar-refractivity contribution in [3.8, 4) is 0 Å². The third-order valence-corrected chi connectivity index (χ3v) is 6.32. The zero-order valence-corrected chi connectivity index (χ0v) is 14.8. The Morgan fingerprint density at radius 1 is 1.24 bits per heavy atom. The first-order valence-electron chi connectivity index (χ1n) is 9.08. The monoisotopic (exact) mass is 293 g/mol. The maximum Gasteiger partial charge on any atom is 0.0638 e. The zero-order valence-electron chi connectivity index (χ0n) is 14.8. The van der Waals surface area contributed by atoms with Gasteiger partial charge in [-0.25, -0.2) is 0 Å². The number of likely N-dealkylation sites (tertiary alicyclic amines) is 1. The second kappa shape index (κ2) is 5.50. The van der Waals surface area contributed by atoms with Crippen LogP contribution in [0.5, 0.6) is 0 Å². The van der Waals surface area contributed by atoms with Crippen molar-refractivity contribution in [1.82, 2.24) is 15.5 Å². The molecule has 3 fully saturated rings. The van der Waals surface area contributed by atoms with E-state index in [2.05, 4.69) is 57.1 Å². The molecule has 3 nitrogen and oxygen atoms in total. The first kappa shape index (κ1) is 15.8. The van der Waals surface area contributed by atoms with Gasteiger partial charge in [0.25, 0.3) is 0 Å². The largest absolute Gasteiger partial charge is 0.316 e. The fourth-order valence-corrected chi connectivity index (χ4v) is 5.75. The van der Waals surface area contributed by atoms with E-state index in [1.807, 2.05) is 0 Å². The highest BCUT2D eigenvalue weighted by Crippen LogP contribution is 2.52. The fraction of sp³-hybridized carbons (Fsp3) is 1.00. The van der Waals surface area contributed by atoms with Gasteiger partial charge in [0.05, 0.1) is 6.17 Å². The number of hydrogen-bond donors (Lipinski definition) is 2. The number of rotatable bonds is 2. The van der Waals surface area contributed by atoms with Gasteiger partial charge in [-0.05, 0) is 55.1 Å². The van der Waals surface area contributed by atoms with Crippen molar-refractivity contribution in [2.75, 3.05) is 19.6 Å². The topological polar surface area (TPSA) is 27.3 Å². The first-order chi connectivity index (χ1) is 9.86. The van der Waals surface area contributed by atoms with Crippen molar-refractivity contribution in [3.05, 3.63) is 0 Å². The van der Waals surface area contributed by atoms with Gasteiger partial charge in [0.15, 0.2) is 0 Å². The van der Waals surface area contributed by atoms with Crippen LogP contribution in [0.3, 0.4) is 0 Å². The number of hydrogen-bond acceptors (Lipinski definition) is 3.